The third-order valence-electron chi connectivity index (χ3n) is 6.30. The van der Waals surface area contributed by atoms with Crippen molar-refractivity contribution in [3.8, 4) is 5.95 Å². The molecule has 4 heterocycles. The molecule has 2 aromatic heterocycles. The van der Waals surface area contributed by atoms with Gasteiger partial charge in [0.15, 0.2) is 0 Å². The number of aryl methyl sites for hydroxylation is 1. The van der Waals surface area contributed by atoms with Crippen molar-refractivity contribution in [3.05, 3.63) is 35.6 Å². The zero-order valence-corrected chi connectivity index (χ0v) is 19.2. The van der Waals surface area contributed by atoms with Crippen molar-refractivity contribution in [2.24, 2.45) is 5.92 Å². The van der Waals surface area contributed by atoms with Crippen LogP contribution in [0.3, 0.4) is 0 Å². The van der Waals surface area contributed by atoms with Gasteiger partial charge in [-0.3, -0.25) is 0 Å². The maximum Gasteiger partial charge on any atom is 0.291 e. The van der Waals surface area contributed by atoms with Gasteiger partial charge in [0.2, 0.25) is 5.89 Å². The summed E-state index contributed by atoms with van der Waals surface area (Å²) in [4.78, 5) is 7.15. The Morgan fingerprint density at radius 2 is 2.00 bits per heavy atom. The minimum Gasteiger partial charge on any atom is -0.337 e. The molecular formula is C21H29Cl2FN6O. The van der Waals surface area contributed by atoms with E-state index in [2.05, 4.69) is 25.5 Å². The first-order valence-electron chi connectivity index (χ1n) is 10.7. The maximum atomic E-state index is 14.5. The largest absolute Gasteiger partial charge is 0.337 e. The summed E-state index contributed by atoms with van der Waals surface area (Å²) < 4.78 is 21.6. The van der Waals surface area contributed by atoms with E-state index in [1.807, 2.05) is 13.0 Å². The fourth-order valence-corrected chi connectivity index (χ4v) is 4.67. The van der Waals surface area contributed by atoms with Crippen LogP contribution in [0.15, 0.2) is 22.7 Å². The second kappa shape index (κ2) is 10.3. The molecule has 1 N–H and O–H groups in total. The maximum absolute atomic E-state index is 14.5. The first-order chi connectivity index (χ1) is 14.2. The van der Waals surface area contributed by atoms with E-state index in [-0.39, 0.29) is 36.5 Å². The number of nitrogens with zero attached hydrogens (tertiary/aromatic N) is 5. The number of hydrogen-bond donors (Lipinski definition) is 1. The molecule has 2 saturated heterocycles. The Labute approximate surface area is 193 Å². The molecule has 0 saturated carbocycles. The number of halogens is 3. The van der Waals surface area contributed by atoms with Gasteiger partial charge in [-0.2, -0.15) is 14.8 Å². The number of para-hydroxylation sites is 1. The number of aromatic nitrogens is 4. The van der Waals surface area contributed by atoms with E-state index in [9.17, 15) is 4.39 Å². The standard InChI is InChI=1S/C21H27FN6O.2ClH/c1-2-18-16-4-3-5-17(22)19(16)28(25-18)21-24-20(29-26-21)15-7-10-27(11-8-15)13-14-6-9-23-12-14;;/h3-5,14-15,23H,2,6-13H2,1H3;2*1H/t14-;;/m0../s1. The van der Waals surface area contributed by atoms with Crippen molar-refractivity contribution in [2.75, 3.05) is 32.7 Å². The summed E-state index contributed by atoms with van der Waals surface area (Å²) >= 11 is 0. The second-order valence-electron chi connectivity index (χ2n) is 8.21. The summed E-state index contributed by atoms with van der Waals surface area (Å²) in [5, 5.41) is 12.9. The predicted octanol–water partition coefficient (Wildman–Crippen LogP) is 3.74. The molecule has 10 heteroatoms. The third-order valence-corrected chi connectivity index (χ3v) is 6.30. The molecule has 170 valence electrons. The van der Waals surface area contributed by atoms with Crippen molar-refractivity contribution in [1.29, 1.82) is 0 Å². The number of hydrogen-bond acceptors (Lipinski definition) is 6. The molecule has 0 spiro atoms. The van der Waals surface area contributed by atoms with Gasteiger partial charge in [0, 0.05) is 17.8 Å². The van der Waals surface area contributed by atoms with E-state index in [0.29, 0.717) is 23.8 Å². The summed E-state index contributed by atoms with van der Waals surface area (Å²) in [6.45, 7) is 7.58. The van der Waals surface area contributed by atoms with Crippen molar-refractivity contribution < 1.29 is 8.91 Å². The van der Waals surface area contributed by atoms with Gasteiger partial charge in [-0.15, -0.1) is 24.8 Å². The molecule has 0 bridgehead atoms. The van der Waals surface area contributed by atoms with Gasteiger partial charge in [-0.25, -0.2) is 4.39 Å². The van der Waals surface area contributed by atoms with E-state index >= 15 is 0 Å². The first-order valence-corrected chi connectivity index (χ1v) is 10.7. The number of benzene rings is 1. The highest BCUT2D eigenvalue weighted by Gasteiger charge is 2.28. The predicted molar refractivity (Wildman–Crippen MR) is 122 cm³/mol. The van der Waals surface area contributed by atoms with Gasteiger partial charge in [-0.05, 0) is 69.0 Å². The van der Waals surface area contributed by atoms with Crippen LogP contribution < -0.4 is 5.32 Å². The monoisotopic (exact) mass is 470 g/mol. The molecule has 0 aliphatic carbocycles. The minimum atomic E-state index is -0.323. The number of rotatable bonds is 5. The van der Waals surface area contributed by atoms with Gasteiger partial charge >= 0.3 is 0 Å². The van der Waals surface area contributed by atoms with Crippen LogP contribution in [0.25, 0.3) is 16.9 Å². The molecule has 5 rings (SSSR count). The van der Waals surface area contributed by atoms with Gasteiger partial charge in [0.25, 0.3) is 5.95 Å². The quantitative estimate of drug-likeness (QED) is 0.612. The Morgan fingerprint density at radius 3 is 2.71 bits per heavy atom. The Bertz CT molecular complexity index is 995. The molecular weight excluding hydrogens is 442 g/mol. The van der Waals surface area contributed by atoms with Crippen LogP contribution in [0, 0.1) is 11.7 Å². The average molecular weight is 471 g/mol. The van der Waals surface area contributed by atoms with Crippen molar-refractivity contribution in [3.63, 3.8) is 0 Å². The molecule has 2 aliphatic heterocycles. The van der Waals surface area contributed by atoms with E-state index < -0.39 is 0 Å². The summed E-state index contributed by atoms with van der Waals surface area (Å²) in [7, 11) is 0. The Hall–Kier alpha value is -1.74. The summed E-state index contributed by atoms with van der Waals surface area (Å²) in [5.74, 6) is 1.66. The molecule has 2 aliphatic rings. The number of likely N-dealkylation sites (tertiary alicyclic amines) is 1. The highest BCUT2D eigenvalue weighted by atomic mass is 35.5. The highest BCUT2D eigenvalue weighted by molar-refractivity contribution is 5.85. The molecule has 7 nitrogen and oxygen atoms in total. The zero-order chi connectivity index (χ0) is 19.8. The summed E-state index contributed by atoms with van der Waals surface area (Å²) in [6, 6.07) is 5.04. The lowest BCUT2D eigenvalue weighted by molar-refractivity contribution is 0.174. The molecule has 0 amide bonds. The van der Waals surface area contributed by atoms with Crippen molar-refractivity contribution >= 4 is 35.7 Å². The van der Waals surface area contributed by atoms with Crippen LogP contribution in [-0.2, 0) is 6.42 Å². The lowest BCUT2D eigenvalue weighted by atomic mass is 9.95. The van der Waals surface area contributed by atoms with E-state index in [0.717, 1.165) is 56.0 Å². The van der Waals surface area contributed by atoms with Crippen LogP contribution in [0.4, 0.5) is 4.39 Å². The van der Waals surface area contributed by atoms with Gasteiger partial charge in [-0.1, -0.05) is 19.1 Å². The first kappa shape index (κ1) is 23.9. The molecule has 3 aromatic rings. The van der Waals surface area contributed by atoms with Crippen molar-refractivity contribution in [2.45, 2.75) is 38.5 Å². The number of fused-ring (bicyclic) bond motifs is 1. The van der Waals surface area contributed by atoms with Gasteiger partial charge in [0.05, 0.1) is 5.69 Å². The van der Waals surface area contributed by atoms with E-state index in [1.54, 1.807) is 6.07 Å². The minimum absolute atomic E-state index is 0. The fourth-order valence-electron chi connectivity index (χ4n) is 4.67. The lowest BCUT2D eigenvalue weighted by Crippen LogP contribution is -2.37. The Balaban J connectivity index is 0.00000136. The molecule has 31 heavy (non-hydrogen) atoms. The Kier molecular flexibility index (Phi) is 7.91. The fraction of sp³-hybridized carbons (Fsp3) is 0.571. The average Bonchev–Trinajstić information content (AvgIpc) is 3.48. The molecule has 1 atom stereocenters. The molecule has 0 radical (unpaired) electrons. The SMILES string of the molecule is CCc1nn(-c2noc(C3CCN(C[C@H]4CCNC4)CC3)n2)c2c(F)cccc12.Cl.Cl. The molecule has 2 fully saturated rings. The van der Waals surface area contributed by atoms with Crippen LogP contribution in [0.5, 0.6) is 0 Å². The number of nitrogens with one attached hydrogen (secondary N) is 1. The van der Waals surface area contributed by atoms with E-state index in [1.165, 1.54) is 23.7 Å². The number of piperidine rings is 1. The van der Waals surface area contributed by atoms with Crippen molar-refractivity contribution in [1.82, 2.24) is 30.1 Å². The van der Waals surface area contributed by atoms with Crippen LogP contribution in [0.1, 0.15) is 43.7 Å². The normalized spacial score (nSPS) is 20.0. The molecule has 1 aromatic carbocycles. The summed E-state index contributed by atoms with van der Waals surface area (Å²) in [5.41, 5.74) is 1.25. The zero-order valence-electron chi connectivity index (χ0n) is 17.6. The second-order valence-corrected chi connectivity index (χ2v) is 8.21. The third kappa shape index (κ3) is 4.72. The highest BCUT2D eigenvalue weighted by Crippen LogP contribution is 2.29. The van der Waals surface area contributed by atoms with E-state index in [4.69, 9.17) is 4.52 Å². The van der Waals surface area contributed by atoms with Crippen LogP contribution in [-0.4, -0.2) is 57.5 Å². The lowest BCUT2D eigenvalue weighted by Gasteiger charge is -2.31. The van der Waals surface area contributed by atoms with Gasteiger partial charge < -0.3 is 14.7 Å². The molecule has 0 unspecified atom stereocenters. The van der Waals surface area contributed by atoms with Crippen LogP contribution >= 0.6 is 24.8 Å². The summed E-state index contributed by atoms with van der Waals surface area (Å²) in [6.07, 6.45) is 4.01. The topological polar surface area (TPSA) is 72.0 Å². The van der Waals surface area contributed by atoms with Crippen LogP contribution in [0.2, 0.25) is 0 Å². The van der Waals surface area contributed by atoms with Gasteiger partial charge in [0.1, 0.15) is 11.3 Å². The Morgan fingerprint density at radius 1 is 1.19 bits per heavy atom. The smallest absolute Gasteiger partial charge is 0.291 e.